The third-order valence-corrected chi connectivity index (χ3v) is 15.2. The van der Waals surface area contributed by atoms with Gasteiger partial charge >= 0.3 is 11.7 Å². The van der Waals surface area contributed by atoms with Crippen LogP contribution in [0.1, 0.15) is 84.6 Å². The van der Waals surface area contributed by atoms with Gasteiger partial charge in [-0.1, -0.05) is 23.3 Å². The number of nitrogens with two attached hydrogens (primary N) is 4. The number of amides is 1. The van der Waals surface area contributed by atoms with E-state index in [-0.39, 0.29) is 40.7 Å². The molecular weight excluding hydrogens is 1400 g/mol. The molecule has 1 amide bonds. The zero-order valence-corrected chi connectivity index (χ0v) is 59.9. The maximum atomic E-state index is 12.5. The normalized spacial score (nSPS) is 13.4. The highest BCUT2D eigenvalue weighted by Gasteiger charge is 2.26. The molecule has 0 unspecified atom stereocenters. The van der Waals surface area contributed by atoms with Crippen LogP contribution in [0.25, 0.3) is 28.4 Å². The Balaban J connectivity index is 0.000000181. The summed E-state index contributed by atoms with van der Waals surface area (Å²) < 4.78 is 20.2. The summed E-state index contributed by atoms with van der Waals surface area (Å²) in [6.07, 6.45) is 31.1. The van der Waals surface area contributed by atoms with Crippen LogP contribution in [0.4, 0.5) is 44.6 Å². The number of carbonyl (C=O) groups is 2. The number of esters is 1. The number of halogens is 1. The number of benzene rings is 5. The van der Waals surface area contributed by atoms with Gasteiger partial charge in [0.05, 0.1) is 119 Å². The van der Waals surface area contributed by atoms with Crippen molar-refractivity contribution in [1.29, 1.82) is 0 Å². The fourth-order valence-corrected chi connectivity index (χ4v) is 9.95. The number of hydrogen-bond donors (Lipinski definition) is 6. The van der Waals surface area contributed by atoms with Crippen LogP contribution in [0.3, 0.4) is 0 Å². The number of aryl methyl sites for hydroxylation is 5. The minimum atomic E-state index is -0.604. The van der Waals surface area contributed by atoms with Crippen LogP contribution in [-0.4, -0.2) is 137 Å². The molecular formula is C70H78FN28O9+. The van der Waals surface area contributed by atoms with Gasteiger partial charge < -0.3 is 38.3 Å². The Kier molecular flexibility index (Phi) is 30.3. The van der Waals surface area contributed by atoms with Gasteiger partial charge in [-0.25, -0.2) is 24.2 Å². The smallest absolute Gasteiger partial charge is 0.379 e. The average Bonchev–Trinajstić information content (AvgIpc) is 0.944. The van der Waals surface area contributed by atoms with Crippen LogP contribution >= 0.6 is 0 Å². The van der Waals surface area contributed by atoms with E-state index in [0.29, 0.717) is 29.6 Å². The van der Waals surface area contributed by atoms with Crippen LogP contribution in [0, 0.1) is 76.9 Å². The largest absolute Gasteiger partial charge is 0.466 e. The molecule has 7 heterocycles. The molecule has 108 heavy (non-hydrogen) atoms. The predicted octanol–water partition coefficient (Wildman–Crippen LogP) is 10.3. The molecule has 14 rings (SSSR count). The summed E-state index contributed by atoms with van der Waals surface area (Å²) in [6, 6.07) is 25.2. The Bertz CT molecular complexity index is 4860. The van der Waals surface area contributed by atoms with Crippen molar-refractivity contribution in [1.82, 2.24) is 84.9 Å². The lowest BCUT2D eigenvalue weighted by Crippen LogP contribution is -2.43. The number of nitro benzene ring substituents is 2. The quantitative estimate of drug-likeness (QED) is 0.0194. The zero-order chi connectivity index (χ0) is 78.2. The summed E-state index contributed by atoms with van der Waals surface area (Å²) in [5.74, 6) is -0.478. The molecule has 11 aromatic rings. The Labute approximate surface area is 617 Å². The number of anilines is 5. The summed E-state index contributed by atoms with van der Waals surface area (Å²) in [6.45, 7) is 15.4. The number of non-ortho nitro benzene ring substituents is 2. The lowest BCUT2D eigenvalue weighted by Gasteiger charge is -2.29. The number of allylic oxidation sites excluding steroid dienone is 5. The number of rotatable bonds is 14. The van der Waals surface area contributed by atoms with E-state index in [1.165, 1.54) is 66.1 Å². The molecule has 0 bridgehead atoms. The number of hydrogen-bond acceptors (Lipinski definition) is 28. The third kappa shape index (κ3) is 24.7. The first kappa shape index (κ1) is 80.9. The van der Waals surface area contributed by atoms with Gasteiger partial charge in [0.2, 0.25) is 11.6 Å². The number of nitrogens with zero attached hydrogens (tertiary/aromatic N) is 22. The van der Waals surface area contributed by atoms with Crippen molar-refractivity contribution in [3.05, 3.63) is 270 Å². The van der Waals surface area contributed by atoms with Crippen molar-refractivity contribution in [2.45, 2.75) is 93.2 Å². The molecule has 0 radical (unpaired) electrons. The first-order chi connectivity index (χ1) is 51.8. The van der Waals surface area contributed by atoms with E-state index in [1.54, 1.807) is 103 Å². The Morgan fingerprint density at radius 3 is 1.58 bits per heavy atom. The van der Waals surface area contributed by atoms with Gasteiger partial charge in [-0.15, -0.1) is 10.2 Å². The van der Waals surface area contributed by atoms with Gasteiger partial charge in [0.25, 0.3) is 17.3 Å². The molecule has 38 heteroatoms. The highest BCUT2D eigenvalue weighted by molar-refractivity contribution is 5.98. The molecule has 37 nitrogen and oxygen atoms in total. The number of ether oxygens (including phenoxy) is 1. The number of nitrogens with one attached hydrogen (secondary N) is 2. The number of azo groups is 1. The van der Waals surface area contributed by atoms with Crippen molar-refractivity contribution < 1.29 is 33.5 Å². The maximum absolute atomic E-state index is 12.5. The van der Waals surface area contributed by atoms with Gasteiger partial charge in [-0.2, -0.15) is 64.9 Å². The Morgan fingerprint density at radius 1 is 0.648 bits per heavy atom. The number of carbonyl (C=O) groups excluding carboxylic acids is 2. The molecule has 0 spiro atoms. The van der Waals surface area contributed by atoms with Crippen LogP contribution in [0.2, 0.25) is 0 Å². The second kappa shape index (κ2) is 40.4. The Hall–Kier alpha value is -14.4. The van der Waals surface area contributed by atoms with Crippen LogP contribution in [0.15, 0.2) is 205 Å². The standard InChI is InChI=1S/C20H25N9O.C9H7N4O2.C9H8N4O2.2C9H10N4.C7H6FNO2.C4H8O2.C3H4N2/c1-12-10-13(6-7-17(12)29-24-8-9-25-29)26-19-14(18(22)30)11-23-20(28-19)27-16-5-3-2-4-15(16)21;1-7-6-8(13(14)15)2-3-9(7)12-5-4-10-11-12;1-7-6-8(13(14)15)2-3-9(7)12-10-4-5-11-12;1-7-6-8(10)2-3-9(7)13-5-4-11-12-13;1-7-6-8(10)2-3-9(7)13-11-4-5-12-13;1-5-4-6(9(10)11)2-3-7(5)8;1-3-6-4(2)5;1-2-4-5-3-1/h6-11,15-16H,2-5,21H2,1H3,(H2,22,30)(H2,23,26,27,28);2,4-6H,1H3;2-6H,1H3;2*2-6H,10H2,1H3;2-4H,1H3;3H2,1-2H3;1-2H,3H2/q;+1;;;;;;/t15-,16+;;;;;;;/m0......./s1. The van der Waals surface area contributed by atoms with Crippen molar-refractivity contribution >= 4 is 57.8 Å². The van der Waals surface area contributed by atoms with Crippen LogP contribution < -0.4 is 33.6 Å². The van der Waals surface area contributed by atoms with E-state index in [1.807, 2.05) is 81.4 Å². The second-order valence-corrected chi connectivity index (χ2v) is 23.2. The third-order valence-electron chi connectivity index (χ3n) is 15.2. The maximum Gasteiger partial charge on any atom is 0.379 e. The van der Waals surface area contributed by atoms with Crippen molar-refractivity contribution in [2.24, 2.45) is 21.7 Å². The first-order valence-electron chi connectivity index (χ1n) is 32.9. The van der Waals surface area contributed by atoms with Crippen LogP contribution in [-0.2, 0) is 9.53 Å². The van der Waals surface area contributed by atoms with Gasteiger partial charge in [0.15, 0.2) is 6.08 Å². The lowest BCUT2D eigenvalue weighted by atomic mass is 9.91. The summed E-state index contributed by atoms with van der Waals surface area (Å²) in [5.41, 5.74) is 34.6. The van der Waals surface area contributed by atoms with E-state index in [9.17, 15) is 44.3 Å². The summed E-state index contributed by atoms with van der Waals surface area (Å²) in [5, 5.41) is 84.2. The summed E-state index contributed by atoms with van der Waals surface area (Å²) >= 11 is 0. The molecule has 10 N–H and O–H groups in total. The Morgan fingerprint density at radius 2 is 1.16 bits per heavy atom. The van der Waals surface area contributed by atoms with Crippen molar-refractivity contribution in [3.63, 3.8) is 0 Å². The number of aromatic nitrogens is 17. The van der Waals surface area contributed by atoms with Gasteiger partial charge in [-0.05, 0) is 155 Å². The fraction of sp³-hybridized carbons (Fsp3) is 0.229. The van der Waals surface area contributed by atoms with E-state index in [4.69, 9.17) is 22.9 Å². The number of nitro groups is 3. The molecule has 0 saturated heterocycles. The highest BCUT2D eigenvalue weighted by atomic mass is 19.1. The molecule has 2 aliphatic carbocycles. The molecule has 558 valence electrons. The van der Waals surface area contributed by atoms with E-state index in [0.717, 1.165) is 112 Å². The summed E-state index contributed by atoms with van der Waals surface area (Å²) in [4.78, 5) is 64.8. The predicted molar refractivity (Wildman–Crippen MR) is 398 cm³/mol. The molecule has 1 saturated carbocycles. The van der Waals surface area contributed by atoms with Crippen LogP contribution in [0.5, 0.6) is 0 Å². The zero-order valence-electron chi connectivity index (χ0n) is 59.9. The first-order valence-corrected chi connectivity index (χ1v) is 32.9. The van der Waals surface area contributed by atoms with Crippen molar-refractivity contribution in [2.75, 3.05) is 35.3 Å². The van der Waals surface area contributed by atoms with Gasteiger partial charge in [0, 0.05) is 79.7 Å². The monoisotopic (exact) mass is 1470 g/mol. The minimum Gasteiger partial charge on any atom is -0.466 e. The van der Waals surface area contributed by atoms with Crippen molar-refractivity contribution in [3.8, 4) is 22.7 Å². The molecule has 1 fully saturated rings. The fourth-order valence-electron chi connectivity index (χ4n) is 9.95. The average molecular weight is 1470 g/mol. The SMILES string of the molecule is C1=CN=NC1.CC1=C(n2ccnn2)[C+]=CC([N+](=O)[O-])=C1.CCOC(C)=O.Cc1cc(N)ccc1-n1ccnn1.Cc1cc(N)ccc1-n1nccn1.Cc1cc(Nc2nc(N[C@@H]3CCCC[C@@H]3N)ncc2C(N)=O)ccc1-n1nccn1.Cc1cc([N+](=O)[O-])ccc1-n1nccn1.Cc1cc([N+](=O)[O-])ccc1F. The molecule has 2 atom stereocenters. The number of primary amides is 1. The summed E-state index contributed by atoms with van der Waals surface area (Å²) in [7, 11) is 0. The molecule has 3 aliphatic rings. The topological polar surface area (TPSA) is 505 Å². The van der Waals surface area contributed by atoms with E-state index >= 15 is 0 Å². The molecule has 1 aliphatic heterocycles. The van der Waals surface area contributed by atoms with Gasteiger partial charge in [-0.3, -0.25) is 29.8 Å². The lowest BCUT2D eigenvalue weighted by molar-refractivity contribution is -0.419. The molecule has 6 aromatic heterocycles. The van der Waals surface area contributed by atoms with E-state index < -0.39 is 26.5 Å². The highest BCUT2D eigenvalue weighted by Crippen LogP contribution is 2.27. The number of nitrogen functional groups attached to an aromatic ring is 2. The molecule has 5 aromatic carbocycles. The minimum absolute atomic E-state index is 0.0244. The second-order valence-electron chi connectivity index (χ2n) is 23.2. The van der Waals surface area contributed by atoms with Gasteiger partial charge in [0.1, 0.15) is 28.2 Å². The van der Waals surface area contributed by atoms with E-state index in [2.05, 4.69) is 92.9 Å².